The minimum Gasteiger partial charge on any atom is -0.472 e. The first-order valence-electron chi connectivity index (χ1n) is 9.54. The van der Waals surface area contributed by atoms with Gasteiger partial charge in [0.15, 0.2) is 11.6 Å². The second kappa shape index (κ2) is 9.40. The maximum absolute atomic E-state index is 14.3. The lowest BCUT2D eigenvalue weighted by molar-refractivity contribution is -0.137. The molecule has 0 unspecified atom stereocenters. The number of aryl methyl sites for hydroxylation is 1. The number of aromatic nitrogens is 4. The smallest absolute Gasteiger partial charge is 0.417 e. The highest BCUT2D eigenvalue weighted by Crippen LogP contribution is 2.35. The molecule has 0 radical (unpaired) electrons. The molecule has 5 nitrogen and oxygen atoms in total. The normalized spacial score (nSPS) is 11.6. The third-order valence-corrected chi connectivity index (χ3v) is 5.63. The lowest BCUT2D eigenvalue weighted by Crippen LogP contribution is -2.06. The van der Waals surface area contributed by atoms with Crippen LogP contribution in [0.25, 0.3) is 22.8 Å². The van der Waals surface area contributed by atoms with Gasteiger partial charge in [0.25, 0.3) is 0 Å². The molecule has 2 aromatic carbocycles. The van der Waals surface area contributed by atoms with Crippen molar-refractivity contribution in [3.63, 3.8) is 0 Å². The molecule has 4 aromatic rings. The Kier molecular flexibility index (Phi) is 6.71. The van der Waals surface area contributed by atoms with Crippen molar-refractivity contribution in [1.29, 1.82) is 0 Å². The van der Waals surface area contributed by atoms with E-state index in [4.69, 9.17) is 39.5 Å². The lowest BCUT2D eigenvalue weighted by atomic mass is 10.1. The van der Waals surface area contributed by atoms with E-state index in [1.54, 1.807) is 25.2 Å². The van der Waals surface area contributed by atoms with Gasteiger partial charge in [0.1, 0.15) is 17.4 Å². The van der Waals surface area contributed by atoms with Crippen molar-refractivity contribution >= 4 is 34.8 Å². The van der Waals surface area contributed by atoms with Gasteiger partial charge in [-0.25, -0.2) is 19.0 Å². The molecule has 0 aliphatic rings. The topological polar surface area (TPSA) is 52.8 Å². The van der Waals surface area contributed by atoms with Crippen LogP contribution in [0.5, 0.6) is 5.88 Å². The third kappa shape index (κ3) is 4.96. The van der Waals surface area contributed by atoms with Crippen LogP contribution in [-0.4, -0.2) is 19.7 Å². The summed E-state index contributed by atoms with van der Waals surface area (Å²) >= 11 is 18.4. The highest BCUT2D eigenvalue weighted by Gasteiger charge is 2.31. The number of rotatable bonds is 5. The predicted molar refractivity (Wildman–Crippen MR) is 120 cm³/mol. The predicted octanol–water partition coefficient (Wildman–Crippen LogP) is 7.24. The summed E-state index contributed by atoms with van der Waals surface area (Å²) in [6.07, 6.45) is -3.92. The minimum atomic E-state index is -4.56. The van der Waals surface area contributed by atoms with Crippen molar-refractivity contribution in [2.45, 2.75) is 12.8 Å². The van der Waals surface area contributed by atoms with Crippen LogP contribution in [0.3, 0.4) is 0 Å². The van der Waals surface area contributed by atoms with Gasteiger partial charge in [-0.3, -0.25) is 0 Å². The van der Waals surface area contributed by atoms with E-state index in [-0.39, 0.29) is 33.9 Å². The Hall–Kier alpha value is -2.88. The zero-order valence-corrected chi connectivity index (χ0v) is 19.4. The van der Waals surface area contributed by atoms with Crippen LogP contribution >= 0.6 is 34.8 Å². The number of hydrogen-bond donors (Lipinski definition) is 0. The number of nitrogens with zero attached hydrogens (tertiary/aromatic N) is 4. The average Bonchev–Trinajstić information content (AvgIpc) is 3.13. The summed E-state index contributed by atoms with van der Waals surface area (Å²) in [4.78, 5) is 8.02. The third-order valence-electron chi connectivity index (χ3n) is 4.73. The van der Waals surface area contributed by atoms with Crippen LogP contribution in [0, 0.1) is 5.82 Å². The molecular formula is C22H13Cl3F4N4O. The van der Waals surface area contributed by atoms with Crippen LogP contribution < -0.4 is 4.74 Å². The quantitative estimate of drug-likeness (QED) is 0.255. The summed E-state index contributed by atoms with van der Waals surface area (Å²) in [5, 5.41) is 4.45. The molecule has 0 amide bonds. The number of benzene rings is 2. The Morgan fingerprint density at radius 2 is 1.76 bits per heavy atom. The fourth-order valence-electron chi connectivity index (χ4n) is 3.10. The first kappa shape index (κ1) is 24.3. The molecule has 0 bridgehead atoms. The number of halogens is 7. The van der Waals surface area contributed by atoms with Gasteiger partial charge in [0, 0.05) is 18.8 Å². The van der Waals surface area contributed by atoms with Crippen LogP contribution in [-0.2, 0) is 19.8 Å². The first-order valence-corrected chi connectivity index (χ1v) is 10.7. The fourth-order valence-corrected chi connectivity index (χ4v) is 3.86. The minimum absolute atomic E-state index is 0.0486. The summed E-state index contributed by atoms with van der Waals surface area (Å²) < 4.78 is 59.4. The number of pyridine rings is 1. The summed E-state index contributed by atoms with van der Waals surface area (Å²) in [6.45, 7) is -0.0486. The zero-order chi connectivity index (χ0) is 24.6. The van der Waals surface area contributed by atoms with Gasteiger partial charge in [0.05, 0.1) is 21.2 Å². The highest BCUT2D eigenvalue weighted by atomic mass is 35.5. The van der Waals surface area contributed by atoms with Gasteiger partial charge < -0.3 is 4.74 Å². The van der Waals surface area contributed by atoms with E-state index in [0.717, 1.165) is 6.07 Å². The van der Waals surface area contributed by atoms with Gasteiger partial charge in [0.2, 0.25) is 5.88 Å². The van der Waals surface area contributed by atoms with Crippen molar-refractivity contribution in [3.8, 4) is 28.7 Å². The van der Waals surface area contributed by atoms with E-state index in [2.05, 4.69) is 15.1 Å². The van der Waals surface area contributed by atoms with Crippen LogP contribution in [0.4, 0.5) is 17.6 Å². The van der Waals surface area contributed by atoms with E-state index in [1.807, 2.05) is 0 Å². The van der Waals surface area contributed by atoms with Gasteiger partial charge in [-0.15, -0.1) is 0 Å². The average molecular weight is 532 g/mol. The molecule has 0 aliphatic carbocycles. The van der Waals surface area contributed by atoms with Crippen LogP contribution in [0.15, 0.2) is 48.7 Å². The molecule has 12 heteroatoms. The van der Waals surface area contributed by atoms with Gasteiger partial charge in [-0.1, -0.05) is 46.9 Å². The SMILES string of the molecule is Cn1nc(-c2c(F)cccc2Cl)nc1-c1ccc(COc2ncc(C(F)(F)F)cc2Cl)cc1Cl. The second-order valence-corrected chi connectivity index (χ2v) is 8.31. The van der Waals surface area contributed by atoms with Crippen molar-refractivity contribution in [2.24, 2.45) is 7.05 Å². The molecule has 176 valence electrons. The fraction of sp³-hybridized carbons (Fsp3) is 0.136. The molecule has 0 aliphatic heterocycles. The Balaban J connectivity index is 1.55. The summed E-state index contributed by atoms with van der Waals surface area (Å²) in [7, 11) is 1.63. The zero-order valence-electron chi connectivity index (χ0n) is 17.2. The molecule has 4 rings (SSSR count). The summed E-state index contributed by atoms with van der Waals surface area (Å²) in [5.41, 5.74) is 0.223. The molecule has 2 heterocycles. The van der Waals surface area contributed by atoms with Crippen LogP contribution in [0.2, 0.25) is 15.1 Å². The van der Waals surface area contributed by atoms with Crippen molar-refractivity contribution in [1.82, 2.24) is 19.7 Å². The number of hydrogen-bond acceptors (Lipinski definition) is 4. The lowest BCUT2D eigenvalue weighted by Gasteiger charge is -2.11. The largest absolute Gasteiger partial charge is 0.472 e. The molecule has 0 spiro atoms. The van der Waals surface area contributed by atoms with E-state index in [1.165, 1.54) is 22.9 Å². The number of ether oxygens (including phenoxy) is 1. The highest BCUT2D eigenvalue weighted by molar-refractivity contribution is 6.33. The first-order chi connectivity index (χ1) is 16.0. The summed E-state index contributed by atoms with van der Waals surface area (Å²) in [6, 6.07) is 9.97. The summed E-state index contributed by atoms with van der Waals surface area (Å²) in [5.74, 6) is -0.223. The van der Waals surface area contributed by atoms with Gasteiger partial charge in [-0.2, -0.15) is 18.3 Å². The van der Waals surface area contributed by atoms with Crippen molar-refractivity contribution in [3.05, 3.63) is 80.7 Å². The van der Waals surface area contributed by atoms with Crippen LogP contribution in [0.1, 0.15) is 11.1 Å². The Morgan fingerprint density at radius 3 is 2.41 bits per heavy atom. The van der Waals surface area contributed by atoms with E-state index in [0.29, 0.717) is 28.2 Å². The Labute approximate surface area is 205 Å². The Morgan fingerprint density at radius 1 is 1.00 bits per heavy atom. The molecule has 0 N–H and O–H groups in total. The molecule has 2 aromatic heterocycles. The molecular weight excluding hydrogens is 519 g/mol. The molecule has 0 saturated heterocycles. The van der Waals surface area contributed by atoms with Crippen molar-refractivity contribution in [2.75, 3.05) is 0 Å². The molecule has 0 atom stereocenters. The van der Waals surface area contributed by atoms with Crippen molar-refractivity contribution < 1.29 is 22.3 Å². The van der Waals surface area contributed by atoms with Gasteiger partial charge in [-0.05, 0) is 35.9 Å². The molecule has 34 heavy (non-hydrogen) atoms. The van der Waals surface area contributed by atoms with Gasteiger partial charge >= 0.3 is 6.18 Å². The maximum atomic E-state index is 14.3. The Bertz CT molecular complexity index is 1350. The monoisotopic (exact) mass is 530 g/mol. The van der Waals surface area contributed by atoms with E-state index in [9.17, 15) is 17.6 Å². The van der Waals surface area contributed by atoms with E-state index >= 15 is 0 Å². The van der Waals surface area contributed by atoms with E-state index < -0.39 is 17.6 Å². The standard InChI is InChI=1S/C22H13Cl3F4N4O/c1-33-20(31-19(32-33)18-14(23)3-2-4-17(18)26)13-6-5-11(7-15(13)24)10-34-21-16(25)8-12(9-30-21)22(27,28)29/h2-9H,10H2,1H3. The number of alkyl halides is 3. The molecule has 0 saturated carbocycles. The maximum Gasteiger partial charge on any atom is 0.417 e. The second-order valence-electron chi connectivity index (χ2n) is 7.09. The molecule has 0 fully saturated rings.